The molecule has 0 unspecified atom stereocenters. The van der Waals surface area contributed by atoms with Gasteiger partial charge in [0.1, 0.15) is 0 Å². The SMILES string of the molecule is [C-]1=C(C2CCCC2)C=CC1.[C-]1=CC=CC1.[F-].[F-].[Zr+4]. The molecule has 0 radical (unpaired) electrons. The summed E-state index contributed by atoms with van der Waals surface area (Å²) < 4.78 is 0. The van der Waals surface area contributed by atoms with Gasteiger partial charge in [-0.15, -0.1) is 12.8 Å². The third-order valence-corrected chi connectivity index (χ3v) is 3.10. The van der Waals surface area contributed by atoms with Crippen LogP contribution in [-0.2, 0) is 26.2 Å². The molecule has 96 valence electrons. The first kappa shape index (κ1) is 20.0. The predicted octanol–water partition coefficient (Wildman–Crippen LogP) is -1.82. The van der Waals surface area contributed by atoms with Gasteiger partial charge in [0.05, 0.1) is 0 Å². The molecule has 0 amide bonds. The zero-order chi connectivity index (χ0) is 10.3. The number of rotatable bonds is 1. The molecule has 0 bridgehead atoms. The minimum Gasteiger partial charge on any atom is -1.00 e. The molecule has 0 aliphatic heterocycles. The maximum absolute atomic E-state index is 3.40. The quantitative estimate of drug-likeness (QED) is 0.498. The van der Waals surface area contributed by atoms with Gasteiger partial charge in [0.2, 0.25) is 0 Å². The number of hydrogen-bond donors (Lipinski definition) is 0. The molecule has 18 heavy (non-hydrogen) atoms. The molecular weight excluding hydrogens is 309 g/mol. The van der Waals surface area contributed by atoms with Crippen LogP contribution in [0.1, 0.15) is 38.5 Å². The van der Waals surface area contributed by atoms with Gasteiger partial charge in [-0.1, -0.05) is 12.8 Å². The second-order valence-electron chi connectivity index (χ2n) is 4.22. The number of halogens is 2. The summed E-state index contributed by atoms with van der Waals surface area (Å²) in [4.78, 5) is 0. The van der Waals surface area contributed by atoms with Crippen LogP contribution in [0.3, 0.4) is 0 Å². The van der Waals surface area contributed by atoms with E-state index in [1.54, 1.807) is 0 Å². The van der Waals surface area contributed by atoms with E-state index in [0.717, 1.165) is 18.8 Å². The van der Waals surface area contributed by atoms with E-state index in [4.69, 9.17) is 0 Å². The second kappa shape index (κ2) is 11.8. The summed E-state index contributed by atoms with van der Waals surface area (Å²) in [6, 6.07) is 0. The van der Waals surface area contributed by atoms with Crippen LogP contribution in [0.15, 0.2) is 36.0 Å². The van der Waals surface area contributed by atoms with Crippen LogP contribution in [0.5, 0.6) is 0 Å². The largest absolute Gasteiger partial charge is 4.00 e. The molecule has 1 fully saturated rings. The monoisotopic (exact) mass is 326 g/mol. The van der Waals surface area contributed by atoms with Gasteiger partial charge in [-0.05, 0) is 18.8 Å². The van der Waals surface area contributed by atoms with Crippen molar-refractivity contribution in [2.24, 2.45) is 5.92 Å². The minimum atomic E-state index is 0. The molecule has 3 aliphatic carbocycles. The van der Waals surface area contributed by atoms with Gasteiger partial charge in [0, 0.05) is 0 Å². The molecule has 0 aromatic rings. The van der Waals surface area contributed by atoms with Crippen LogP contribution >= 0.6 is 0 Å². The van der Waals surface area contributed by atoms with Gasteiger partial charge >= 0.3 is 26.2 Å². The van der Waals surface area contributed by atoms with E-state index in [1.165, 1.54) is 31.3 Å². The second-order valence-corrected chi connectivity index (χ2v) is 4.22. The maximum Gasteiger partial charge on any atom is 4.00 e. The van der Waals surface area contributed by atoms with Crippen molar-refractivity contribution in [1.29, 1.82) is 0 Å². The predicted molar refractivity (Wildman–Crippen MR) is 64.0 cm³/mol. The third kappa shape index (κ3) is 6.59. The first-order chi connectivity index (χ1) is 7.47. The van der Waals surface area contributed by atoms with Crippen molar-refractivity contribution in [3.05, 3.63) is 48.1 Å². The summed E-state index contributed by atoms with van der Waals surface area (Å²) in [6.45, 7) is 0. The van der Waals surface area contributed by atoms with Gasteiger partial charge in [-0.3, -0.25) is 12.2 Å². The van der Waals surface area contributed by atoms with Crippen molar-refractivity contribution in [2.75, 3.05) is 0 Å². The fourth-order valence-corrected chi connectivity index (χ4v) is 2.28. The normalized spacial score (nSPS) is 19.2. The average molecular weight is 328 g/mol. The van der Waals surface area contributed by atoms with E-state index < -0.39 is 0 Å². The van der Waals surface area contributed by atoms with Gasteiger partial charge in [0.25, 0.3) is 0 Å². The van der Waals surface area contributed by atoms with Gasteiger partial charge in [0.15, 0.2) is 0 Å². The van der Waals surface area contributed by atoms with E-state index in [-0.39, 0.29) is 35.6 Å². The minimum absolute atomic E-state index is 0. The van der Waals surface area contributed by atoms with Crippen molar-refractivity contribution < 1.29 is 35.6 Å². The molecular formula is C15H18F2Zr. The van der Waals surface area contributed by atoms with Crippen molar-refractivity contribution in [3.63, 3.8) is 0 Å². The first-order valence-corrected chi connectivity index (χ1v) is 5.96. The summed E-state index contributed by atoms with van der Waals surface area (Å²) in [6.07, 6.45) is 24.6. The van der Waals surface area contributed by atoms with Crippen LogP contribution in [0.25, 0.3) is 0 Å². The van der Waals surface area contributed by atoms with Gasteiger partial charge in [-0.2, -0.15) is 12.2 Å². The third-order valence-electron chi connectivity index (χ3n) is 3.10. The molecule has 3 aliphatic rings. The zero-order valence-corrected chi connectivity index (χ0v) is 12.9. The molecule has 0 atom stereocenters. The maximum atomic E-state index is 3.40. The summed E-state index contributed by atoms with van der Waals surface area (Å²) in [5, 5.41) is 0. The Kier molecular flexibility index (Phi) is 13.1. The molecule has 0 aromatic carbocycles. The van der Waals surface area contributed by atoms with Crippen LogP contribution < -0.4 is 9.41 Å². The first-order valence-electron chi connectivity index (χ1n) is 5.96. The summed E-state index contributed by atoms with van der Waals surface area (Å²) >= 11 is 0. The van der Waals surface area contributed by atoms with Crippen molar-refractivity contribution >= 4 is 0 Å². The molecule has 0 heterocycles. The fourth-order valence-electron chi connectivity index (χ4n) is 2.28. The number of allylic oxidation sites excluding steroid dienone is 8. The molecule has 3 rings (SSSR count). The summed E-state index contributed by atoms with van der Waals surface area (Å²) in [5.41, 5.74) is 1.50. The Morgan fingerprint density at radius 2 is 1.72 bits per heavy atom. The van der Waals surface area contributed by atoms with Crippen molar-refractivity contribution in [2.45, 2.75) is 38.5 Å². The topological polar surface area (TPSA) is 0 Å². The summed E-state index contributed by atoms with van der Waals surface area (Å²) in [5.74, 6) is 0.874. The summed E-state index contributed by atoms with van der Waals surface area (Å²) in [7, 11) is 0. The average Bonchev–Trinajstić information content (AvgIpc) is 3.06. The Labute approximate surface area is 128 Å². The van der Waals surface area contributed by atoms with Crippen LogP contribution in [0.2, 0.25) is 0 Å². The molecule has 0 N–H and O–H groups in total. The van der Waals surface area contributed by atoms with E-state index in [2.05, 4.69) is 30.4 Å². The van der Waals surface area contributed by atoms with Gasteiger partial charge < -0.3 is 9.41 Å². The molecule has 1 saturated carbocycles. The Hall–Kier alpha value is -0.297. The van der Waals surface area contributed by atoms with Crippen molar-refractivity contribution in [3.8, 4) is 0 Å². The smallest absolute Gasteiger partial charge is 1.00 e. The Morgan fingerprint density at radius 1 is 1.00 bits per heavy atom. The number of hydrogen-bond acceptors (Lipinski definition) is 0. The zero-order valence-electron chi connectivity index (χ0n) is 10.5. The van der Waals surface area contributed by atoms with E-state index in [0.29, 0.717) is 0 Å². The molecule has 0 saturated heterocycles. The molecule has 0 nitrogen and oxygen atoms in total. The molecule has 0 spiro atoms. The van der Waals surface area contributed by atoms with E-state index in [1.807, 2.05) is 12.2 Å². The fraction of sp³-hybridized carbons (Fsp3) is 0.467. The molecule has 0 aromatic heterocycles. The molecule has 3 heteroatoms. The van der Waals surface area contributed by atoms with Crippen LogP contribution in [-0.4, -0.2) is 0 Å². The Bertz CT molecular complexity index is 300. The van der Waals surface area contributed by atoms with E-state index >= 15 is 0 Å². The van der Waals surface area contributed by atoms with E-state index in [9.17, 15) is 0 Å². The Morgan fingerprint density at radius 3 is 2.11 bits per heavy atom. The van der Waals surface area contributed by atoms with Crippen molar-refractivity contribution in [1.82, 2.24) is 0 Å². The van der Waals surface area contributed by atoms with Crippen LogP contribution in [0.4, 0.5) is 0 Å². The van der Waals surface area contributed by atoms with Crippen LogP contribution in [0, 0.1) is 18.1 Å². The standard InChI is InChI=1S/C10H13.C5H5.2FH.Zr/c1-2-6-9(5-1)10-7-3-4-8-10;1-2-4-5-3-1;;;/h1,5,10H,2-4,7-8H2;1-3H,4H2;2*1H;/q2*-1;;;+4/p-2. The van der Waals surface area contributed by atoms with Gasteiger partial charge in [-0.25, -0.2) is 23.8 Å². The Balaban J connectivity index is 0.